The van der Waals surface area contributed by atoms with E-state index in [0.29, 0.717) is 0 Å². The van der Waals surface area contributed by atoms with E-state index in [1.807, 2.05) is 12.1 Å². The van der Waals surface area contributed by atoms with Gasteiger partial charge in [-0.2, -0.15) is 0 Å². The molecule has 0 aliphatic heterocycles. The molecule has 16 heavy (non-hydrogen) atoms. The van der Waals surface area contributed by atoms with Crippen LogP contribution in [0.5, 0.6) is 0 Å². The van der Waals surface area contributed by atoms with Gasteiger partial charge >= 0.3 is 107 Å². The van der Waals surface area contributed by atoms with Crippen LogP contribution in [0.15, 0.2) is 30.8 Å². The summed E-state index contributed by atoms with van der Waals surface area (Å²) in [6.07, 6.45) is 0. The molecule has 0 radical (unpaired) electrons. The predicted octanol–water partition coefficient (Wildman–Crippen LogP) is 5.40. The fraction of sp³-hybridized carbons (Fsp3) is 0.429. The van der Waals surface area contributed by atoms with Gasteiger partial charge in [0.25, 0.3) is 0 Å². The molecule has 0 spiro atoms. The predicted molar refractivity (Wildman–Crippen MR) is 77.7 cm³/mol. The summed E-state index contributed by atoms with van der Waals surface area (Å²) >= 11 is 4.34. The van der Waals surface area contributed by atoms with Crippen LogP contribution in [-0.4, -0.2) is 13.3 Å². The van der Waals surface area contributed by atoms with Crippen molar-refractivity contribution in [3.8, 4) is 0 Å². The molecule has 0 unspecified atom stereocenters. The Bertz CT molecular complexity index is 358. The second-order valence-corrected chi connectivity index (χ2v) is 15.8. The molecule has 0 aliphatic carbocycles. The van der Waals surface area contributed by atoms with Crippen LogP contribution >= 0.6 is 11.6 Å². The molecule has 0 heterocycles. The van der Waals surface area contributed by atoms with Crippen LogP contribution in [0.25, 0.3) is 4.41 Å². The Morgan fingerprint density at radius 1 is 1.12 bits per heavy atom. The average molecular weight is 297 g/mol. The molecule has 1 aromatic carbocycles. The second-order valence-electron chi connectivity index (χ2n) is 4.30. The van der Waals surface area contributed by atoms with Crippen molar-refractivity contribution in [2.75, 3.05) is 0 Å². The van der Waals surface area contributed by atoms with Gasteiger partial charge in [-0.05, 0) is 0 Å². The quantitative estimate of drug-likeness (QED) is 0.638. The molecular weight excluding hydrogens is 276 g/mol. The molecule has 1 aromatic rings. The molecule has 0 saturated heterocycles. The van der Waals surface area contributed by atoms with E-state index in [1.54, 1.807) is 0 Å². The first-order valence-electron chi connectivity index (χ1n) is 6.05. The summed E-state index contributed by atoms with van der Waals surface area (Å²) in [5.41, 5.74) is 1.19. The first-order valence-corrected chi connectivity index (χ1v) is 11.9. The van der Waals surface area contributed by atoms with Gasteiger partial charge in [-0.25, -0.2) is 0 Å². The first kappa shape index (κ1) is 13.9. The summed E-state index contributed by atoms with van der Waals surface area (Å²) < 4.78 is 1.37. The Morgan fingerprint density at radius 3 is 2.06 bits per heavy atom. The summed E-state index contributed by atoms with van der Waals surface area (Å²) in [5, 5.41) is 4.77. The van der Waals surface area contributed by atoms with Crippen LogP contribution in [0.2, 0.25) is 20.8 Å². The van der Waals surface area contributed by atoms with E-state index in [2.05, 4.69) is 39.5 Å². The van der Waals surface area contributed by atoms with Crippen molar-refractivity contribution in [2.45, 2.75) is 36.5 Å². The number of benzene rings is 1. The van der Waals surface area contributed by atoms with E-state index >= 15 is 0 Å². The Kier molecular flexibility index (Phi) is 5.13. The molecule has 0 aliphatic rings. The minimum atomic E-state index is -1.92. The van der Waals surface area contributed by atoms with Gasteiger partial charge in [0.05, 0.1) is 0 Å². The van der Waals surface area contributed by atoms with Crippen LogP contribution in [0.1, 0.15) is 26.3 Å². The van der Waals surface area contributed by atoms with Crippen LogP contribution in [0, 0.1) is 0 Å². The number of hydrogen-bond acceptors (Lipinski definition) is 0. The zero-order chi connectivity index (χ0) is 12.2. The van der Waals surface area contributed by atoms with Gasteiger partial charge in [0.1, 0.15) is 0 Å². The third-order valence-corrected chi connectivity index (χ3v) is 16.0. The van der Waals surface area contributed by atoms with Crippen molar-refractivity contribution in [3.63, 3.8) is 0 Å². The van der Waals surface area contributed by atoms with Gasteiger partial charge in [-0.3, -0.25) is 0 Å². The van der Waals surface area contributed by atoms with Gasteiger partial charge in [-0.1, -0.05) is 0 Å². The second kappa shape index (κ2) is 5.93. The van der Waals surface area contributed by atoms with Crippen molar-refractivity contribution in [2.24, 2.45) is 0 Å². The molecule has 0 aromatic heterocycles. The molecule has 0 nitrogen and oxygen atoms in total. The molecule has 0 atom stereocenters. The third-order valence-electron chi connectivity index (χ3n) is 3.87. The third kappa shape index (κ3) is 2.54. The molecule has 0 fully saturated rings. The number of rotatable bonds is 5. The topological polar surface area (TPSA) is 0 Å². The maximum absolute atomic E-state index is 6.27. The van der Waals surface area contributed by atoms with E-state index in [0.717, 1.165) is 5.02 Å². The van der Waals surface area contributed by atoms with E-state index in [4.69, 9.17) is 11.6 Å². The van der Waals surface area contributed by atoms with Gasteiger partial charge in [0.15, 0.2) is 0 Å². The van der Waals surface area contributed by atoms with E-state index < -0.39 is 13.3 Å². The maximum atomic E-state index is 6.27. The standard InChI is InChI=1S/C14H21ClGe/c1-5-16(6-2,7-3)12(4)13-10-8-9-11-14(13)15/h8-11H,4-7H2,1-3H3. The normalized spacial score (nSPS) is 11.5. The molecule has 0 N–H and O–H groups in total. The van der Waals surface area contributed by atoms with Gasteiger partial charge in [-0.15, -0.1) is 0 Å². The van der Waals surface area contributed by atoms with E-state index in [-0.39, 0.29) is 0 Å². The molecule has 0 amide bonds. The Morgan fingerprint density at radius 2 is 1.62 bits per heavy atom. The summed E-state index contributed by atoms with van der Waals surface area (Å²) in [7, 11) is 0. The van der Waals surface area contributed by atoms with E-state index in [1.165, 1.54) is 25.7 Å². The van der Waals surface area contributed by atoms with Gasteiger partial charge in [0, 0.05) is 0 Å². The van der Waals surface area contributed by atoms with Crippen molar-refractivity contribution >= 4 is 29.3 Å². The number of hydrogen-bond donors (Lipinski definition) is 0. The monoisotopic (exact) mass is 298 g/mol. The fourth-order valence-electron chi connectivity index (χ4n) is 2.38. The van der Waals surface area contributed by atoms with E-state index in [9.17, 15) is 0 Å². The molecule has 0 saturated carbocycles. The van der Waals surface area contributed by atoms with Crippen molar-refractivity contribution < 1.29 is 0 Å². The molecule has 88 valence electrons. The van der Waals surface area contributed by atoms with Crippen molar-refractivity contribution in [1.82, 2.24) is 0 Å². The summed E-state index contributed by atoms with van der Waals surface area (Å²) in [6.45, 7) is 11.3. The summed E-state index contributed by atoms with van der Waals surface area (Å²) in [4.78, 5) is 0. The van der Waals surface area contributed by atoms with Crippen LogP contribution in [0.3, 0.4) is 0 Å². The van der Waals surface area contributed by atoms with Gasteiger partial charge in [0.2, 0.25) is 0 Å². The fourth-order valence-corrected chi connectivity index (χ4v) is 10.3. The Balaban J connectivity index is 3.14. The zero-order valence-electron chi connectivity index (χ0n) is 10.5. The molecular formula is C14H21ClGe. The minimum absolute atomic E-state index is 0.859. The van der Waals surface area contributed by atoms with Crippen LogP contribution in [0.4, 0.5) is 0 Å². The molecule has 2 heteroatoms. The van der Waals surface area contributed by atoms with Gasteiger partial charge < -0.3 is 0 Å². The van der Waals surface area contributed by atoms with Crippen molar-refractivity contribution in [3.05, 3.63) is 41.4 Å². The Labute approximate surface area is 107 Å². The number of halogens is 1. The first-order chi connectivity index (χ1) is 7.61. The SMILES string of the molecule is C=[C](c1ccccc1Cl)[Ge]([CH2]C)([CH2]C)[CH2]C. The summed E-state index contributed by atoms with van der Waals surface area (Å²) in [5.74, 6) is 0. The Hall–Kier alpha value is -0.207. The van der Waals surface area contributed by atoms with Crippen LogP contribution < -0.4 is 0 Å². The van der Waals surface area contributed by atoms with Crippen molar-refractivity contribution in [1.29, 1.82) is 0 Å². The van der Waals surface area contributed by atoms with Crippen LogP contribution in [-0.2, 0) is 0 Å². The zero-order valence-corrected chi connectivity index (χ0v) is 13.4. The molecule has 1 rings (SSSR count). The average Bonchev–Trinajstić information content (AvgIpc) is 2.32. The summed E-state index contributed by atoms with van der Waals surface area (Å²) in [6, 6.07) is 8.12. The molecule has 0 bridgehead atoms.